The molecule has 2 aromatic heterocycles. The lowest BCUT2D eigenvalue weighted by atomic mass is 10.0. The van der Waals surface area contributed by atoms with Gasteiger partial charge in [0.15, 0.2) is 0 Å². The first-order valence-electron chi connectivity index (χ1n) is 12.5. The van der Waals surface area contributed by atoms with Crippen LogP contribution in [0.3, 0.4) is 0 Å². The Morgan fingerprint density at radius 2 is 1.75 bits per heavy atom. The van der Waals surface area contributed by atoms with Crippen LogP contribution in [0.4, 0.5) is 17.2 Å². The first kappa shape index (κ1) is 25.4. The number of aromatic nitrogens is 3. The fourth-order valence-electron chi connectivity index (χ4n) is 4.70. The number of aryl methyl sites for hydroxylation is 1. The summed E-state index contributed by atoms with van der Waals surface area (Å²) in [6, 6.07) is 10.7. The number of benzene rings is 1. The van der Waals surface area contributed by atoms with Gasteiger partial charge in [-0.15, -0.1) is 0 Å². The molecule has 2 aliphatic rings. The number of hydrogen-bond donors (Lipinski definition) is 2. The highest BCUT2D eigenvalue weighted by atomic mass is 16.2. The predicted molar refractivity (Wildman–Crippen MR) is 143 cm³/mol. The van der Waals surface area contributed by atoms with Crippen molar-refractivity contribution in [3.05, 3.63) is 42.7 Å². The number of carbonyl (C=O) groups excluding carboxylic acids is 2. The number of likely N-dealkylation sites (N-methyl/N-ethyl adjacent to an activating group) is 1. The largest absolute Gasteiger partial charge is 0.382 e. The summed E-state index contributed by atoms with van der Waals surface area (Å²) in [6.07, 6.45) is 5.06. The van der Waals surface area contributed by atoms with Crippen LogP contribution in [-0.4, -0.2) is 82.7 Å². The summed E-state index contributed by atoms with van der Waals surface area (Å²) in [5.74, 6) is -0.417. The van der Waals surface area contributed by atoms with E-state index in [1.165, 1.54) is 25.0 Å². The van der Waals surface area contributed by atoms with Crippen molar-refractivity contribution in [2.24, 2.45) is 13.0 Å². The van der Waals surface area contributed by atoms with Crippen molar-refractivity contribution < 1.29 is 9.59 Å². The fraction of sp³-hybridized carbons (Fsp3) is 0.462. The molecule has 2 aliphatic heterocycles. The van der Waals surface area contributed by atoms with Gasteiger partial charge in [0.1, 0.15) is 11.3 Å². The van der Waals surface area contributed by atoms with Crippen LogP contribution >= 0.6 is 0 Å². The van der Waals surface area contributed by atoms with E-state index in [1.54, 1.807) is 22.8 Å². The molecular weight excluding hydrogens is 456 g/mol. The maximum Gasteiger partial charge on any atom is 0.313 e. The first-order chi connectivity index (χ1) is 17.3. The molecule has 1 unspecified atom stereocenters. The zero-order valence-corrected chi connectivity index (χ0v) is 21.4. The number of nitrogens with zero attached hydrogens (tertiary/aromatic N) is 6. The molecule has 10 heteroatoms. The lowest BCUT2D eigenvalue weighted by Gasteiger charge is -2.33. The molecule has 36 heavy (non-hydrogen) atoms. The maximum absolute atomic E-state index is 12.3. The number of nitrogen functional groups attached to an aromatic ring is 1. The number of para-hydroxylation sites is 1. The van der Waals surface area contributed by atoms with Gasteiger partial charge < -0.3 is 25.8 Å². The van der Waals surface area contributed by atoms with Gasteiger partial charge in [0.05, 0.1) is 18.1 Å². The highest BCUT2D eigenvalue weighted by molar-refractivity contribution is 6.40. The van der Waals surface area contributed by atoms with E-state index in [4.69, 9.17) is 5.73 Å². The van der Waals surface area contributed by atoms with E-state index in [9.17, 15) is 9.59 Å². The number of rotatable bonds is 2. The van der Waals surface area contributed by atoms with E-state index in [2.05, 4.69) is 69.5 Å². The summed E-state index contributed by atoms with van der Waals surface area (Å²) in [5, 5.41) is 7.42. The third-order valence-corrected chi connectivity index (χ3v) is 6.82. The molecule has 192 valence electrons. The Labute approximate surface area is 212 Å². The number of hydrogen-bond acceptors (Lipinski definition) is 7. The Bertz CT molecular complexity index is 1190. The second-order valence-electron chi connectivity index (χ2n) is 9.67. The molecule has 0 radical (unpaired) electrons. The number of nitrogens with two attached hydrogens (primary N) is 1. The Hall–Kier alpha value is -3.66. The average Bonchev–Trinajstić information content (AvgIpc) is 3.29. The SMILES string of the molecule is CC1CCCN(C(=O)C(=O)Nc2cnc(N)c3c2cnn3C)C1.CN1CCN(c2ccccc2)CC1. The van der Waals surface area contributed by atoms with Crippen molar-refractivity contribution >= 4 is 39.9 Å². The molecule has 4 heterocycles. The minimum absolute atomic E-state index is 0.328. The maximum atomic E-state index is 12.3. The number of nitrogens with one attached hydrogen (secondary N) is 1. The lowest BCUT2D eigenvalue weighted by molar-refractivity contribution is -0.144. The minimum atomic E-state index is -0.657. The van der Waals surface area contributed by atoms with Gasteiger partial charge in [0.25, 0.3) is 0 Å². The monoisotopic (exact) mass is 492 g/mol. The molecule has 0 aliphatic carbocycles. The van der Waals surface area contributed by atoms with E-state index in [-0.39, 0.29) is 0 Å². The summed E-state index contributed by atoms with van der Waals surface area (Å²) < 4.78 is 1.58. The van der Waals surface area contributed by atoms with Crippen molar-refractivity contribution in [3.63, 3.8) is 0 Å². The normalized spacial score (nSPS) is 18.5. The first-order valence-corrected chi connectivity index (χ1v) is 12.5. The summed E-state index contributed by atoms with van der Waals surface area (Å²) >= 11 is 0. The average molecular weight is 493 g/mol. The second kappa shape index (κ2) is 11.4. The Kier molecular flexibility index (Phi) is 8.04. The van der Waals surface area contributed by atoms with Gasteiger partial charge in [0, 0.05) is 57.4 Å². The number of amides is 2. The molecule has 2 saturated heterocycles. The van der Waals surface area contributed by atoms with Crippen LogP contribution in [0, 0.1) is 5.92 Å². The highest BCUT2D eigenvalue weighted by Crippen LogP contribution is 2.26. The second-order valence-corrected chi connectivity index (χ2v) is 9.67. The molecule has 2 fully saturated rings. The van der Waals surface area contributed by atoms with Gasteiger partial charge in [0.2, 0.25) is 0 Å². The molecule has 0 spiro atoms. The molecule has 5 rings (SSSR count). The van der Waals surface area contributed by atoms with Crippen LogP contribution in [-0.2, 0) is 16.6 Å². The molecule has 3 aromatic rings. The van der Waals surface area contributed by atoms with Gasteiger partial charge in [-0.05, 0) is 37.9 Å². The topological polar surface area (TPSA) is 113 Å². The van der Waals surface area contributed by atoms with Gasteiger partial charge in [-0.1, -0.05) is 25.1 Å². The van der Waals surface area contributed by atoms with Crippen LogP contribution in [0.15, 0.2) is 42.7 Å². The zero-order chi connectivity index (χ0) is 25.7. The van der Waals surface area contributed by atoms with Gasteiger partial charge in [-0.3, -0.25) is 14.3 Å². The van der Waals surface area contributed by atoms with E-state index in [0.29, 0.717) is 41.4 Å². The third kappa shape index (κ3) is 5.93. The van der Waals surface area contributed by atoms with E-state index in [1.807, 2.05) is 0 Å². The van der Waals surface area contributed by atoms with Crippen LogP contribution in [0.1, 0.15) is 19.8 Å². The van der Waals surface area contributed by atoms with Crippen molar-refractivity contribution in [2.45, 2.75) is 19.8 Å². The number of anilines is 3. The molecule has 1 aromatic carbocycles. The fourth-order valence-corrected chi connectivity index (χ4v) is 4.70. The summed E-state index contributed by atoms with van der Waals surface area (Å²) in [5.41, 5.74) is 8.25. The van der Waals surface area contributed by atoms with Crippen LogP contribution in [0.25, 0.3) is 10.9 Å². The number of piperazine rings is 1. The van der Waals surface area contributed by atoms with E-state index in [0.717, 1.165) is 25.9 Å². The summed E-state index contributed by atoms with van der Waals surface area (Å²) in [7, 11) is 3.93. The Balaban J connectivity index is 0.000000197. The van der Waals surface area contributed by atoms with Crippen molar-refractivity contribution in [2.75, 3.05) is 62.3 Å². The van der Waals surface area contributed by atoms with Gasteiger partial charge in [-0.25, -0.2) is 4.98 Å². The predicted octanol–water partition coefficient (Wildman–Crippen LogP) is 2.19. The lowest BCUT2D eigenvalue weighted by Crippen LogP contribution is -2.44. The third-order valence-electron chi connectivity index (χ3n) is 6.82. The molecule has 2 amide bonds. The Morgan fingerprint density at radius 1 is 1.03 bits per heavy atom. The summed E-state index contributed by atoms with van der Waals surface area (Å²) in [6.45, 7) is 7.98. The molecule has 3 N–H and O–H groups in total. The molecule has 0 saturated carbocycles. The quantitative estimate of drug-likeness (QED) is 0.527. The van der Waals surface area contributed by atoms with Crippen LogP contribution in [0.2, 0.25) is 0 Å². The Morgan fingerprint density at radius 3 is 2.44 bits per heavy atom. The summed E-state index contributed by atoms with van der Waals surface area (Å²) in [4.78, 5) is 35.0. The highest BCUT2D eigenvalue weighted by Gasteiger charge is 2.26. The number of piperidine rings is 1. The van der Waals surface area contributed by atoms with Crippen molar-refractivity contribution in [3.8, 4) is 0 Å². The smallest absolute Gasteiger partial charge is 0.313 e. The van der Waals surface area contributed by atoms with Crippen LogP contribution in [0.5, 0.6) is 0 Å². The molecular formula is C26H36N8O2. The minimum Gasteiger partial charge on any atom is -0.382 e. The molecule has 10 nitrogen and oxygen atoms in total. The number of pyridine rings is 1. The van der Waals surface area contributed by atoms with Crippen LogP contribution < -0.4 is 16.0 Å². The van der Waals surface area contributed by atoms with E-state index < -0.39 is 11.8 Å². The zero-order valence-electron chi connectivity index (χ0n) is 21.4. The number of likely N-dealkylation sites (tertiary alicyclic amines) is 1. The standard InChI is InChI=1S/C15H20N6O2.C11H16N2/c1-9-4-3-5-21(8-9)15(23)14(22)19-11-7-17-13(16)12-10(11)6-18-20(12)2;1-12-7-9-13(10-8-12)11-5-3-2-4-6-11/h6-7,9H,3-5,8H2,1-2H3,(H2,16,17)(H,19,22);2-6H,7-10H2,1H3. The van der Waals surface area contributed by atoms with Crippen molar-refractivity contribution in [1.82, 2.24) is 24.6 Å². The van der Waals surface area contributed by atoms with E-state index >= 15 is 0 Å². The molecule has 0 bridgehead atoms. The molecule has 1 atom stereocenters. The number of fused-ring (bicyclic) bond motifs is 1. The van der Waals surface area contributed by atoms with Crippen molar-refractivity contribution in [1.29, 1.82) is 0 Å². The van der Waals surface area contributed by atoms with Gasteiger partial charge >= 0.3 is 11.8 Å². The number of carbonyl (C=O) groups is 2. The van der Waals surface area contributed by atoms with Gasteiger partial charge in [-0.2, -0.15) is 5.10 Å².